The third-order valence-electron chi connectivity index (χ3n) is 9.23. The van der Waals surface area contributed by atoms with E-state index in [0.717, 1.165) is 11.3 Å². The first kappa shape index (κ1) is 32.1. The molecule has 1 spiro atoms. The second kappa shape index (κ2) is 12.4. The highest BCUT2D eigenvalue weighted by atomic mass is 35.5. The van der Waals surface area contributed by atoms with Crippen molar-refractivity contribution in [3.8, 4) is 11.4 Å². The Labute approximate surface area is 273 Å². The minimum atomic E-state index is -2.84. The van der Waals surface area contributed by atoms with E-state index in [4.69, 9.17) is 21.1 Å². The van der Waals surface area contributed by atoms with Crippen molar-refractivity contribution in [3.05, 3.63) is 99.2 Å². The summed E-state index contributed by atoms with van der Waals surface area (Å²) in [6, 6.07) is 16.3. The van der Waals surface area contributed by atoms with E-state index < -0.39 is 20.0 Å². The van der Waals surface area contributed by atoms with Crippen molar-refractivity contribution in [1.29, 1.82) is 0 Å². The fourth-order valence-electron chi connectivity index (χ4n) is 7.19. The summed E-state index contributed by atoms with van der Waals surface area (Å²) in [5, 5.41) is 18.0. The summed E-state index contributed by atoms with van der Waals surface area (Å²) in [6.45, 7) is 6.53. The molecule has 11 nitrogen and oxygen atoms in total. The molecule has 1 fully saturated rings. The molecule has 0 radical (unpaired) electrons. The highest BCUT2D eigenvalue weighted by Crippen LogP contribution is 2.60. The van der Waals surface area contributed by atoms with Gasteiger partial charge in [0.15, 0.2) is 19.7 Å². The van der Waals surface area contributed by atoms with Gasteiger partial charge in [0.1, 0.15) is 0 Å². The van der Waals surface area contributed by atoms with Crippen LogP contribution in [-0.2, 0) is 34.6 Å². The Balaban J connectivity index is 1.31. The largest absolute Gasteiger partial charge is 0.491 e. The molecule has 0 aliphatic carbocycles. The van der Waals surface area contributed by atoms with Crippen LogP contribution in [0.3, 0.4) is 0 Å². The average Bonchev–Trinajstić information content (AvgIpc) is 3.66. The van der Waals surface area contributed by atoms with Gasteiger partial charge in [-0.2, -0.15) is 0 Å². The number of carbonyl (C=O) groups is 1. The molecule has 2 aromatic heterocycles. The highest BCUT2D eigenvalue weighted by Gasteiger charge is 2.66. The molecule has 4 heterocycles. The van der Waals surface area contributed by atoms with Gasteiger partial charge in [-0.3, -0.25) is 18.8 Å². The van der Waals surface area contributed by atoms with E-state index in [2.05, 4.69) is 10.3 Å². The number of fused-ring (bicyclic) bond motifs is 2. The number of hydrogen-bond donors (Lipinski definition) is 2. The van der Waals surface area contributed by atoms with Crippen molar-refractivity contribution in [1.82, 2.24) is 19.6 Å². The summed E-state index contributed by atoms with van der Waals surface area (Å²) >= 11 is 6.53. The number of aryl methyl sites for hydroxylation is 1. The van der Waals surface area contributed by atoms with Gasteiger partial charge in [-0.05, 0) is 67.5 Å². The van der Waals surface area contributed by atoms with Gasteiger partial charge in [0, 0.05) is 59.7 Å². The molecule has 2 N–H and O–H groups in total. The number of carbonyl (C=O) groups excluding carboxylic acids is 1. The maximum Gasteiger partial charge on any atom is 0.297 e. The van der Waals surface area contributed by atoms with Crippen LogP contribution >= 0.6 is 11.6 Å². The second-order valence-corrected chi connectivity index (χ2v) is 17.0. The van der Waals surface area contributed by atoms with Crippen LogP contribution in [0.5, 0.6) is 5.75 Å². The van der Waals surface area contributed by atoms with E-state index >= 15 is 0 Å². The zero-order chi connectivity index (χ0) is 32.8. The predicted molar refractivity (Wildman–Crippen MR) is 176 cm³/mol. The van der Waals surface area contributed by atoms with E-state index in [1.165, 1.54) is 11.7 Å². The number of ether oxygens (including phenoxy) is 2. The number of amides is 1. The summed E-state index contributed by atoms with van der Waals surface area (Å²) < 4.78 is 15.3. The number of pyridine rings is 1. The Kier molecular flexibility index (Phi) is 8.68. The zero-order valence-corrected chi connectivity index (χ0v) is 28.0. The summed E-state index contributed by atoms with van der Waals surface area (Å²) in [4.78, 5) is 40.7. The van der Waals surface area contributed by atoms with Crippen LogP contribution in [0.1, 0.15) is 30.2 Å². The van der Waals surface area contributed by atoms with Crippen molar-refractivity contribution >= 4 is 31.5 Å². The van der Waals surface area contributed by atoms with Crippen LogP contribution in [-0.4, -0.2) is 63.5 Å². The lowest BCUT2D eigenvalue weighted by Crippen LogP contribution is -2.46. The lowest BCUT2D eigenvalue weighted by molar-refractivity contribution is -0.146. The van der Waals surface area contributed by atoms with Crippen molar-refractivity contribution in [2.45, 2.75) is 63.2 Å². The Morgan fingerprint density at radius 3 is 2.59 bits per heavy atom. The van der Waals surface area contributed by atoms with Crippen LogP contribution in [0.15, 0.2) is 71.8 Å². The first-order valence-electron chi connectivity index (χ1n) is 15.3. The third-order valence-corrected chi connectivity index (χ3v) is 12.0. The van der Waals surface area contributed by atoms with Gasteiger partial charge in [0.2, 0.25) is 0 Å². The van der Waals surface area contributed by atoms with Crippen molar-refractivity contribution < 1.29 is 24.2 Å². The van der Waals surface area contributed by atoms with Gasteiger partial charge in [-0.25, -0.2) is 0 Å². The van der Waals surface area contributed by atoms with Gasteiger partial charge >= 0.3 is 0 Å². The van der Waals surface area contributed by atoms with E-state index in [1.54, 1.807) is 40.2 Å². The van der Waals surface area contributed by atoms with Crippen LogP contribution in [0.2, 0.25) is 23.7 Å². The predicted octanol–water partition coefficient (Wildman–Crippen LogP) is 4.06. The fourth-order valence-corrected chi connectivity index (χ4v) is 9.97. The standard InChI is InChI=1S/C33H38ClN5O6Si/c1-21-30(46(3,4)43)28(13-16-37-20-24(14-17-40)35-36-37)45-33(21)26-18-23(34)9-12-27(26)39(32(33)42)19-22-7-10-25(11-8-22)38-15-5-6-29(44-2)31(38)41/h5-12,15,18,20-21,28,30,40,43H,13-14,16-17,19H2,1-4H3/t21-,28+,30-,33+/m0/s1. The molecule has 2 aromatic carbocycles. The molecule has 0 saturated carbocycles. The molecule has 6 rings (SSSR count). The van der Waals surface area contributed by atoms with E-state index in [-0.39, 0.29) is 41.8 Å². The Bertz CT molecular complexity index is 1810. The van der Waals surface area contributed by atoms with Crippen LogP contribution in [0.25, 0.3) is 5.69 Å². The average molecular weight is 664 g/mol. The smallest absolute Gasteiger partial charge is 0.297 e. The fraction of sp³-hybridized carbons (Fsp3) is 0.394. The Hall–Kier alpha value is -3.81. The van der Waals surface area contributed by atoms with E-state index in [9.17, 15) is 19.5 Å². The zero-order valence-electron chi connectivity index (χ0n) is 26.3. The number of methoxy groups -OCH3 is 1. The van der Waals surface area contributed by atoms with Crippen molar-refractivity contribution in [3.63, 3.8) is 0 Å². The maximum atomic E-state index is 14.7. The molecule has 46 heavy (non-hydrogen) atoms. The number of aliphatic hydroxyl groups excluding tert-OH is 1. The molecule has 4 aromatic rings. The summed E-state index contributed by atoms with van der Waals surface area (Å²) in [6.07, 6.45) is 4.01. The number of rotatable bonds is 10. The number of halogens is 1. The van der Waals surface area contributed by atoms with Crippen LogP contribution in [0, 0.1) is 5.92 Å². The van der Waals surface area contributed by atoms with Gasteiger partial charge in [-0.1, -0.05) is 35.9 Å². The Morgan fingerprint density at radius 1 is 1.13 bits per heavy atom. The number of anilines is 1. The molecule has 1 saturated heterocycles. The summed E-state index contributed by atoms with van der Waals surface area (Å²) in [7, 11) is -1.38. The van der Waals surface area contributed by atoms with Gasteiger partial charge in [0.25, 0.3) is 11.5 Å². The first-order valence-corrected chi connectivity index (χ1v) is 18.7. The number of aromatic nitrogens is 4. The number of nitrogens with zero attached hydrogens (tertiary/aromatic N) is 5. The molecular formula is C33H38ClN5O6Si. The molecule has 4 atom stereocenters. The highest BCUT2D eigenvalue weighted by molar-refractivity contribution is 6.71. The first-order chi connectivity index (χ1) is 22.0. The Morgan fingerprint density at radius 2 is 1.89 bits per heavy atom. The summed E-state index contributed by atoms with van der Waals surface area (Å²) in [5.41, 5.74) is 1.83. The molecule has 242 valence electrons. The maximum absolute atomic E-state index is 14.7. The van der Waals surface area contributed by atoms with Gasteiger partial charge in [-0.15, -0.1) is 5.10 Å². The third kappa shape index (κ3) is 5.58. The van der Waals surface area contributed by atoms with Crippen LogP contribution in [0.4, 0.5) is 5.69 Å². The van der Waals surface area contributed by atoms with Crippen molar-refractivity contribution in [2.24, 2.45) is 5.92 Å². The van der Waals surface area contributed by atoms with Crippen molar-refractivity contribution in [2.75, 3.05) is 18.6 Å². The molecule has 0 unspecified atom stereocenters. The number of benzene rings is 2. The number of aliphatic hydroxyl groups is 1. The molecular weight excluding hydrogens is 626 g/mol. The molecule has 2 aliphatic rings. The van der Waals surface area contributed by atoms with E-state index in [0.29, 0.717) is 41.4 Å². The second-order valence-electron chi connectivity index (χ2n) is 12.6. The quantitative estimate of drug-likeness (QED) is 0.243. The SMILES string of the molecule is COc1cccn(-c2ccc(CN3C(=O)[C@]4(O[C@H](CCn5cc(CCO)nn5)[C@@H]([Si](C)(C)O)[C@@H]4C)c4cc(Cl)ccc43)cc2)c1=O. The normalized spacial score (nSPS) is 22.5. The lowest BCUT2D eigenvalue weighted by atomic mass is 9.82. The molecule has 0 bridgehead atoms. The minimum absolute atomic E-state index is 0.0101. The van der Waals surface area contributed by atoms with Gasteiger partial charge < -0.3 is 24.3 Å². The summed E-state index contributed by atoms with van der Waals surface area (Å²) in [5.74, 6) is -0.275. The van der Waals surface area contributed by atoms with Crippen LogP contribution < -0.4 is 15.2 Å². The topological polar surface area (TPSA) is 132 Å². The lowest BCUT2D eigenvalue weighted by Gasteiger charge is -2.32. The number of hydrogen-bond acceptors (Lipinski definition) is 8. The molecule has 1 amide bonds. The van der Waals surface area contributed by atoms with E-state index in [1.807, 2.05) is 56.4 Å². The monoisotopic (exact) mass is 663 g/mol. The molecule has 2 aliphatic heterocycles. The molecule has 13 heteroatoms. The minimum Gasteiger partial charge on any atom is -0.491 e. The van der Waals surface area contributed by atoms with Gasteiger partial charge in [0.05, 0.1) is 31.1 Å².